The molecule has 0 aliphatic rings. The molecule has 0 fully saturated rings. The third-order valence-corrected chi connectivity index (χ3v) is 5.52. The third-order valence-electron chi connectivity index (χ3n) is 5.52. The van der Waals surface area contributed by atoms with Crippen LogP contribution >= 0.6 is 0 Å². The van der Waals surface area contributed by atoms with Crippen molar-refractivity contribution < 1.29 is 5.11 Å². The van der Waals surface area contributed by atoms with E-state index in [2.05, 4.69) is 84.9 Å². The molecule has 1 nitrogen and oxygen atoms in total. The van der Waals surface area contributed by atoms with Gasteiger partial charge in [0.1, 0.15) is 0 Å². The SMILES string of the molecule is OCc1ccccc1Cc1ccccc1Cc1ccccc1Cc1ccccc1. The molecule has 0 bridgehead atoms. The van der Waals surface area contributed by atoms with Crippen LogP contribution in [0.1, 0.15) is 38.9 Å². The van der Waals surface area contributed by atoms with Crippen LogP contribution in [0.15, 0.2) is 103 Å². The molecule has 4 aromatic rings. The Balaban J connectivity index is 1.61. The largest absolute Gasteiger partial charge is 0.392 e. The van der Waals surface area contributed by atoms with E-state index in [-0.39, 0.29) is 6.61 Å². The molecule has 0 heterocycles. The fourth-order valence-corrected chi connectivity index (χ4v) is 3.92. The Hall–Kier alpha value is -3.16. The summed E-state index contributed by atoms with van der Waals surface area (Å²) in [5.41, 5.74) is 8.96. The maximum Gasteiger partial charge on any atom is 0.0684 e. The average Bonchev–Trinajstić information content (AvgIpc) is 2.77. The molecule has 1 N–H and O–H groups in total. The van der Waals surface area contributed by atoms with Crippen LogP contribution in [0.3, 0.4) is 0 Å². The minimum Gasteiger partial charge on any atom is -0.392 e. The van der Waals surface area contributed by atoms with Crippen LogP contribution < -0.4 is 0 Å². The molecule has 1 heteroatoms. The zero-order valence-electron chi connectivity index (χ0n) is 16.6. The normalized spacial score (nSPS) is 10.8. The van der Waals surface area contributed by atoms with Crippen molar-refractivity contribution in [3.8, 4) is 0 Å². The van der Waals surface area contributed by atoms with E-state index in [9.17, 15) is 5.11 Å². The van der Waals surface area contributed by atoms with Crippen LogP contribution in [-0.4, -0.2) is 5.11 Å². The zero-order valence-corrected chi connectivity index (χ0v) is 16.6. The van der Waals surface area contributed by atoms with Gasteiger partial charge in [-0.2, -0.15) is 0 Å². The minimum atomic E-state index is 0.0816. The maximum atomic E-state index is 9.68. The van der Waals surface area contributed by atoms with E-state index in [0.29, 0.717) is 0 Å². The topological polar surface area (TPSA) is 20.2 Å². The standard InChI is InChI=1S/C28H26O/c29-21-28-17-9-8-16-27(28)20-26-15-7-6-14-25(26)19-24-13-5-4-12-23(24)18-22-10-2-1-3-11-22/h1-17,29H,18-21H2. The van der Waals surface area contributed by atoms with Gasteiger partial charge in [0.15, 0.2) is 0 Å². The van der Waals surface area contributed by atoms with Crippen molar-refractivity contribution in [2.45, 2.75) is 25.9 Å². The van der Waals surface area contributed by atoms with Gasteiger partial charge in [-0.05, 0) is 58.2 Å². The van der Waals surface area contributed by atoms with Crippen LogP contribution in [0.2, 0.25) is 0 Å². The van der Waals surface area contributed by atoms with Gasteiger partial charge < -0.3 is 5.11 Å². The highest BCUT2D eigenvalue weighted by molar-refractivity contribution is 5.41. The highest BCUT2D eigenvalue weighted by Gasteiger charge is 2.10. The van der Waals surface area contributed by atoms with Gasteiger partial charge in [-0.1, -0.05) is 103 Å². The second-order valence-corrected chi connectivity index (χ2v) is 7.48. The third kappa shape index (κ3) is 4.82. The van der Waals surface area contributed by atoms with Crippen molar-refractivity contribution in [3.63, 3.8) is 0 Å². The highest BCUT2D eigenvalue weighted by Crippen LogP contribution is 2.23. The Morgan fingerprint density at radius 1 is 0.379 bits per heavy atom. The Bertz CT molecular complexity index is 1070. The first-order valence-electron chi connectivity index (χ1n) is 10.2. The Kier molecular flexibility index (Phi) is 6.19. The first kappa shape index (κ1) is 19.2. The van der Waals surface area contributed by atoms with E-state index in [4.69, 9.17) is 0 Å². The molecule has 0 amide bonds. The van der Waals surface area contributed by atoms with Crippen molar-refractivity contribution in [2.75, 3.05) is 0 Å². The summed E-state index contributed by atoms with van der Waals surface area (Å²) in [6.45, 7) is 0.0816. The summed E-state index contributed by atoms with van der Waals surface area (Å²) in [7, 11) is 0. The van der Waals surface area contributed by atoms with Gasteiger partial charge in [0.05, 0.1) is 6.61 Å². The summed E-state index contributed by atoms with van der Waals surface area (Å²) in [6.07, 6.45) is 2.71. The molecule has 0 saturated heterocycles. The summed E-state index contributed by atoms with van der Waals surface area (Å²) in [6, 6.07) is 36.2. The molecule has 4 aromatic carbocycles. The van der Waals surface area contributed by atoms with Crippen LogP contribution in [0.4, 0.5) is 0 Å². The number of rotatable bonds is 7. The van der Waals surface area contributed by atoms with E-state index >= 15 is 0 Å². The Labute approximate surface area is 173 Å². The summed E-state index contributed by atoms with van der Waals surface area (Å²) in [5, 5.41) is 9.68. The molecular weight excluding hydrogens is 352 g/mol. The summed E-state index contributed by atoms with van der Waals surface area (Å²) in [4.78, 5) is 0. The van der Waals surface area contributed by atoms with Crippen molar-refractivity contribution in [3.05, 3.63) is 142 Å². The molecule has 0 saturated carbocycles. The predicted molar refractivity (Wildman–Crippen MR) is 120 cm³/mol. The molecule has 0 aromatic heterocycles. The summed E-state index contributed by atoms with van der Waals surface area (Å²) >= 11 is 0. The number of benzene rings is 4. The predicted octanol–water partition coefficient (Wildman–Crippen LogP) is 5.95. The first-order valence-corrected chi connectivity index (χ1v) is 10.2. The van der Waals surface area contributed by atoms with Crippen LogP contribution in [0.5, 0.6) is 0 Å². The maximum absolute atomic E-state index is 9.68. The zero-order chi connectivity index (χ0) is 19.9. The Morgan fingerprint density at radius 3 is 1.17 bits per heavy atom. The lowest BCUT2D eigenvalue weighted by atomic mass is 9.90. The lowest BCUT2D eigenvalue weighted by molar-refractivity contribution is 0.281. The van der Waals surface area contributed by atoms with Crippen molar-refractivity contribution >= 4 is 0 Å². The monoisotopic (exact) mass is 378 g/mol. The van der Waals surface area contributed by atoms with Gasteiger partial charge in [0.2, 0.25) is 0 Å². The molecule has 0 spiro atoms. The molecule has 4 rings (SSSR count). The number of hydrogen-bond acceptors (Lipinski definition) is 1. The molecule has 0 unspecified atom stereocenters. The van der Waals surface area contributed by atoms with E-state index in [0.717, 1.165) is 24.8 Å². The van der Waals surface area contributed by atoms with Crippen LogP contribution in [0, 0.1) is 0 Å². The lowest BCUT2D eigenvalue weighted by Crippen LogP contribution is -2.02. The van der Waals surface area contributed by atoms with Crippen molar-refractivity contribution in [1.29, 1.82) is 0 Å². The van der Waals surface area contributed by atoms with Crippen LogP contribution in [0.25, 0.3) is 0 Å². The summed E-state index contributed by atoms with van der Waals surface area (Å²) in [5.74, 6) is 0. The van der Waals surface area contributed by atoms with Gasteiger partial charge in [0, 0.05) is 0 Å². The van der Waals surface area contributed by atoms with Gasteiger partial charge in [-0.15, -0.1) is 0 Å². The fraction of sp³-hybridized carbons (Fsp3) is 0.143. The minimum absolute atomic E-state index is 0.0816. The number of hydrogen-bond donors (Lipinski definition) is 1. The van der Waals surface area contributed by atoms with Gasteiger partial charge in [0.25, 0.3) is 0 Å². The fourth-order valence-electron chi connectivity index (χ4n) is 3.92. The van der Waals surface area contributed by atoms with Crippen molar-refractivity contribution in [2.24, 2.45) is 0 Å². The van der Waals surface area contributed by atoms with E-state index in [1.807, 2.05) is 18.2 Å². The van der Waals surface area contributed by atoms with Crippen molar-refractivity contribution in [1.82, 2.24) is 0 Å². The summed E-state index contributed by atoms with van der Waals surface area (Å²) < 4.78 is 0. The van der Waals surface area contributed by atoms with Gasteiger partial charge >= 0.3 is 0 Å². The molecule has 0 aliphatic heterocycles. The second-order valence-electron chi connectivity index (χ2n) is 7.48. The molecular formula is C28H26O. The van der Waals surface area contributed by atoms with Crippen LogP contribution in [-0.2, 0) is 25.9 Å². The second kappa shape index (κ2) is 9.36. The highest BCUT2D eigenvalue weighted by atomic mass is 16.3. The molecule has 0 aliphatic carbocycles. The number of aliphatic hydroxyl groups excluding tert-OH is 1. The molecule has 29 heavy (non-hydrogen) atoms. The number of aliphatic hydroxyl groups is 1. The first-order chi connectivity index (χ1) is 14.3. The van der Waals surface area contributed by atoms with E-state index in [1.54, 1.807) is 0 Å². The average molecular weight is 379 g/mol. The van der Waals surface area contributed by atoms with E-state index < -0.39 is 0 Å². The molecule has 0 atom stereocenters. The van der Waals surface area contributed by atoms with Gasteiger partial charge in [-0.3, -0.25) is 0 Å². The molecule has 144 valence electrons. The smallest absolute Gasteiger partial charge is 0.0684 e. The van der Waals surface area contributed by atoms with Gasteiger partial charge in [-0.25, -0.2) is 0 Å². The lowest BCUT2D eigenvalue weighted by Gasteiger charge is -2.14. The molecule has 0 radical (unpaired) electrons. The van der Waals surface area contributed by atoms with E-state index in [1.165, 1.54) is 33.4 Å². The Morgan fingerprint density at radius 2 is 0.724 bits per heavy atom. The quantitative estimate of drug-likeness (QED) is 0.421.